The molecule has 0 bridgehead atoms. The number of ether oxygens (including phenoxy) is 2. The van der Waals surface area contributed by atoms with Gasteiger partial charge in [-0.1, -0.05) is 18.2 Å². The smallest absolute Gasteiger partial charge is 0.337 e. The quantitative estimate of drug-likeness (QED) is 0.718. The fourth-order valence-corrected chi connectivity index (χ4v) is 2.79. The lowest BCUT2D eigenvalue weighted by Gasteiger charge is -2.38. The Morgan fingerprint density at radius 1 is 1.15 bits per heavy atom. The van der Waals surface area contributed by atoms with Gasteiger partial charge in [-0.15, -0.1) is 0 Å². The fraction of sp³-hybridized carbons (Fsp3) is 0.350. The standard InChI is InChI=1S/C20H22N2O5/c1-14-17(20(24)25)8-9-18(21-14)19(23)22-12-16(13-22)27-11-5-10-26-15-6-3-2-4-7-15/h2-4,6-9,16H,5,10-13H2,1H3,(H,24,25). The number of aryl methyl sites for hydroxylation is 1. The topological polar surface area (TPSA) is 89.0 Å². The Kier molecular flexibility index (Phi) is 6.03. The van der Waals surface area contributed by atoms with E-state index in [1.54, 1.807) is 11.8 Å². The van der Waals surface area contributed by atoms with Gasteiger partial charge in [-0.3, -0.25) is 4.79 Å². The first-order valence-corrected chi connectivity index (χ1v) is 8.84. The minimum Gasteiger partial charge on any atom is -0.494 e. The number of hydrogen-bond donors (Lipinski definition) is 1. The van der Waals surface area contributed by atoms with Gasteiger partial charge in [0.15, 0.2) is 0 Å². The van der Waals surface area contributed by atoms with Gasteiger partial charge < -0.3 is 19.5 Å². The second-order valence-electron chi connectivity index (χ2n) is 6.35. The molecule has 1 aliphatic heterocycles. The van der Waals surface area contributed by atoms with Crippen molar-refractivity contribution >= 4 is 11.9 Å². The minimum atomic E-state index is -1.05. The van der Waals surface area contributed by atoms with Gasteiger partial charge >= 0.3 is 5.97 Å². The summed E-state index contributed by atoms with van der Waals surface area (Å²) in [7, 11) is 0. The van der Waals surface area contributed by atoms with Crippen LogP contribution in [-0.2, 0) is 4.74 Å². The molecule has 1 amide bonds. The van der Waals surface area contributed by atoms with Gasteiger partial charge in [-0.05, 0) is 31.2 Å². The van der Waals surface area contributed by atoms with Gasteiger partial charge in [0.2, 0.25) is 0 Å². The van der Waals surface area contributed by atoms with Crippen LogP contribution in [-0.4, -0.2) is 59.3 Å². The Morgan fingerprint density at radius 3 is 2.56 bits per heavy atom. The zero-order valence-electron chi connectivity index (χ0n) is 15.1. The highest BCUT2D eigenvalue weighted by Crippen LogP contribution is 2.17. The molecular formula is C20H22N2O5. The summed E-state index contributed by atoms with van der Waals surface area (Å²) in [4.78, 5) is 29.1. The van der Waals surface area contributed by atoms with Crippen molar-refractivity contribution in [2.24, 2.45) is 0 Å². The molecule has 0 saturated carbocycles. The maximum Gasteiger partial charge on any atom is 0.337 e. The summed E-state index contributed by atoms with van der Waals surface area (Å²) in [5.74, 6) is -0.412. The number of carbonyl (C=O) groups excluding carboxylic acids is 1. The van der Waals surface area contributed by atoms with E-state index in [1.807, 2.05) is 30.3 Å². The predicted octanol–water partition coefficient (Wildman–Crippen LogP) is 2.40. The lowest BCUT2D eigenvalue weighted by Crippen LogP contribution is -2.55. The molecule has 0 radical (unpaired) electrons. The molecule has 1 saturated heterocycles. The number of nitrogens with zero attached hydrogens (tertiary/aromatic N) is 2. The number of carboxylic acid groups (broad SMARTS) is 1. The largest absolute Gasteiger partial charge is 0.494 e. The number of pyridine rings is 1. The van der Waals surface area contributed by atoms with E-state index < -0.39 is 5.97 Å². The van der Waals surface area contributed by atoms with Gasteiger partial charge in [0, 0.05) is 19.5 Å². The first-order valence-electron chi connectivity index (χ1n) is 8.84. The zero-order chi connectivity index (χ0) is 19.2. The average molecular weight is 370 g/mol. The first-order chi connectivity index (χ1) is 13.0. The number of benzene rings is 1. The van der Waals surface area contributed by atoms with Crippen molar-refractivity contribution in [3.05, 3.63) is 59.4 Å². The molecule has 7 nitrogen and oxygen atoms in total. The lowest BCUT2D eigenvalue weighted by atomic mass is 10.1. The molecule has 1 aromatic heterocycles. The monoisotopic (exact) mass is 370 g/mol. The number of rotatable bonds is 8. The normalized spacial score (nSPS) is 13.9. The number of likely N-dealkylation sites (tertiary alicyclic amines) is 1. The summed E-state index contributed by atoms with van der Waals surface area (Å²) >= 11 is 0. The van der Waals surface area contributed by atoms with Crippen molar-refractivity contribution in [1.29, 1.82) is 0 Å². The molecule has 142 valence electrons. The van der Waals surface area contributed by atoms with Crippen LogP contribution in [0.5, 0.6) is 5.75 Å². The second kappa shape index (κ2) is 8.64. The van der Waals surface area contributed by atoms with Crippen LogP contribution in [0.1, 0.15) is 33.0 Å². The van der Waals surface area contributed by atoms with E-state index in [9.17, 15) is 9.59 Å². The Labute approximate surface area is 157 Å². The number of hydrogen-bond acceptors (Lipinski definition) is 5. The molecule has 1 aromatic carbocycles. The molecule has 1 N–H and O–H groups in total. The molecule has 1 fully saturated rings. The first kappa shape index (κ1) is 18.8. The summed E-state index contributed by atoms with van der Waals surface area (Å²) in [6.45, 7) is 3.77. The van der Waals surface area contributed by atoms with Gasteiger partial charge in [0.1, 0.15) is 11.4 Å². The maximum absolute atomic E-state index is 12.4. The van der Waals surface area contributed by atoms with Crippen LogP contribution in [0.25, 0.3) is 0 Å². The van der Waals surface area contributed by atoms with Crippen molar-refractivity contribution in [3.63, 3.8) is 0 Å². The average Bonchev–Trinajstić information content (AvgIpc) is 2.63. The SMILES string of the molecule is Cc1nc(C(=O)N2CC(OCCCOc3ccccc3)C2)ccc1C(=O)O. The van der Waals surface area contributed by atoms with Crippen LogP contribution in [0.2, 0.25) is 0 Å². The van der Waals surface area contributed by atoms with Crippen molar-refractivity contribution in [2.45, 2.75) is 19.4 Å². The number of aromatic carboxylic acids is 1. The molecule has 7 heteroatoms. The fourth-order valence-electron chi connectivity index (χ4n) is 2.79. The molecule has 0 aliphatic carbocycles. The molecule has 0 atom stereocenters. The minimum absolute atomic E-state index is 0.0186. The van der Waals surface area contributed by atoms with Crippen molar-refractivity contribution in [2.75, 3.05) is 26.3 Å². The van der Waals surface area contributed by atoms with E-state index in [1.165, 1.54) is 12.1 Å². The number of carboxylic acids is 1. The predicted molar refractivity (Wildman–Crippen MR) is 98.1 cm³/mol. The van der Waals surface area contributed by atoms with E-state index in [2.05, 4.69) is 4.98 Å². The number of para-hydroxylation sites is 1. The van der Waals surface area contributed by atoms with Crippen molar-refractivity contribution < 1.29 is 24.2 Å². The van der Waals surface area contributed by atoms with E-state index in [0.717, 1.165) is 12.2 Å². The van der Waals surface area contributed by atoms with Crippen LogP contribution in [0, 0.1) is 6.92 Å². The highest BCUT2D eigenvalue weighted by Gasteiger charge is 2.32. The van der Waals surface area contributed by atoms with Crippen LogP contribution in [0.4, 0.5) is 0 Å². The Bertz CT molecular complexity index is 803. The number of aromatic nitrogens is 1. The third kappa shape index (κ3) is 4.83. The summed E-state index contributed by atoms with van der Waals surface area (Å²) in [6.07, 6.45) is 0.793. The molecule has 0 unspecified atom stereocenters. The molecule has 2 aromatic rings. The van der Waals surface area contributed by atoms with E-state index in [4.69, 9.17) is 14.6 Å². The zero-order valence-corrected chi connectivity index (χ0v) is 15.1. The van der Waals surface area contributed by atoms with Gasteiger partial charge in [0.05, 0.1) is 30.6 Å². The van der Waals surface area contributed by atoms with Crippen molar-refractivity contribution in [1.82, 2.24) is 9.88 Å². The summed E-state index contributed by atoms with van der Waals surface area (Å²) in [5, 5.41) is 9.02. The molecule has 0 spiro atoms. The van der Waals surface area contributed by atoms with Gasteiger partial charge in [-0.25, -0.2) is 9.78 Å². The number of carbonyl (C=O) groups is 2. The Morgan fingerprint density at radius 2 is 1.89 bits per heavy atom. The van der Waals surface area contributed by atoms with E-state index in [-0.39, 0.29) is 23.3 Å². The number of amides is 1. The highest BCUT2D eigenvalue weighted by molar-refractivity contribution is 5.94. The lowest BCUT2D eigenvalue weighted by molar-refractivity contribution is -0.0451. The third-order valence-electron chi connectivity index (χ3n) is 4.32. The van der Waals surface area contributed by atoms with Crippen LogP contribution in [0.15, 0.2) is 42.5 Å². The van der Waals surface area contributed by atoms with E-state index >= 15 is 0 Å². The summed E-state index contributed by atoms with van der Waals surface area (Å²) in [5.41, 5.74) is 0.696. The van der Waals surface area contributed by atoms with Crippen LogP contribution in [0.3, 0.4) is 0 Å². The second-order valence-corrected chi connectivity index (χ2v) is 6.35. The van der Waals surface area contributed by atoms with E-state index in [0.29, 0.717) is 32.0 Å². The van der Waals surface area contributed by atoms with Gasteiger partial charge in [0.25, 0.3) is 5.91 Å². The van der Waals surface area contributed by atoms with Crippen molar-refractivity contribution in [3.8, 4) is 5.75 Å². The van der Waals surface area contributed by atoms with Crippen LogP contribution >= 0.6 is 0 Å². The molecular weight excluding hydrogens is 348 g/mol. The molecule has 27 heavy (non-hydrogen) atoms. The third-order valence-corrected chi connectivity index (χ3v) is 4.32. The summed E-state index contributed by atoms with van der Waals surface area (Å²) in [6, 6.07) is 12.5. The molecule has 3 rings (SSSR count). The Balaban J connectivity index is 1.36. The van der Waals surface area contributed by atoms with Crippen LogP contribution < -0.4 is 4.74 Å². The Hall–Kier alpha value is -2.93. The highest BCUT2D eigenvalue weighted by atomic mass is 16.5. The van der Waals surface area contributed by atoms with Gasteiger partial charge in [-0.2, -0.15) is 0 Å². The molecule has 2 heterocycles. The molecule has 1 aliphatic rings. The summed E-state index contributed by atoms with van der Waals surface area (Å²) < 4.78 is 11.3. The maximum atomic E-state index is 12.4.